The number of benzene rings is 1. The van der Waals surface area contributed by atoms with Crippen molar-refractivity contribution in [3.63, 3.8) is 0 Å². The van der Waals surface area contributed by atoms with Gasteiger partial charge in [-0.1, -0.05) is 18.2 Å². The van der Waals surface area contributed by atoms with Crippen molar-refractivity contribution in [3.8, 4) is 5.75 Å². The van der Waals surface area contributed by atoms with E-state index < -0.39 is 6.04 Å². The molecular formula is C14H21ClN2O2. The molecule has 2 rings (SSSR count). The number of hydrogen-bond acceptors (Lipinski definition) is 3. The summed E-state index contributed by atoms with van der Waals surface area (Å²) in [5.74, 6) is 0.723. The highest BCUT2D eigenvalue weighted by molar-refractivity contribution is 5.85. The van der Waals surface area contributed by atoms with Gasteiger partial charge in [-0.2, -0.15) is 0 Å². The van der Waals surface area contributed by atoms with Crippen LogP contribution in [-0.4, -0.2) is 18.1 Å². The molecule has 1 aromatic rings. The van der Waals surface area contributed by atoms with Gasteiger partial charge in [-0.25, -0.2) is 0 Å². The maximum atomic E-state index is 11.4. The van der Waals surface area contributed by atoms with E-state index in [-0.39, 0.29) is 18.3 Å². The fourth-order valence-electron chi connectivity index (χ4n) is 1.78. The maximum absolute atomic E-state index is 11.4. The third-order valence-electron chi connectivity index (χ3n) is 3.19. The SMILES string of the molecule is C[C@H](N)C(=O)NCc1ccccc1OC1CCC1.Cl. The van der Waals surface area contributed by atoms with Gasteiger partial charge in [0.05, 0.1) is 12.1 Å². The summed E-state index contributed by atoms with van der Waals surface area (Å²) in [4.78, 5) is 11.4. The minimum Gasteiger partial charge on any atom is -0.490 e. The van der Waals surface area contributed by atoms with Crippen molar-refractivity contribution >= 4 is 18.3 Å². The molecular weight excluding hydrogens is 264 g/mol. The molecule has 0 spiro atoms. The van der Waals surface area contributed by atoms with E-state index in [9.17, 15) is 4.79 Å². The van der Waals surface area contributed by atoms with Crippen molar-refractivity contribution in [2.45, 2.75) is 44.9 Å². The molecule has 3 N–H and O–H groups in total. The molecule has 1 atom stereocenters. The lowest BCUT2D eigenvalue weighted by Gasteiger charge is -2.27. The summed E-state index contributed by atoms with van der Waals surface area (Å²) >= 11 is 0. The van der Waals surface area contributed by atoms with Crippen LogP contribution in [0.25, 0.3) is 0 Å². The molecule has 0 aliphatic heterocycles. The number of amides is 1. The van der Waals surface area contributed by atoms with Gasteiger partial charge in [-0.15, -0.1) is 12.4 Å². The van der Waals surface area contributed by atoms with Crippen LogP contribution < -0.4 is 15.8 Å². The Kier molecular flexibility index (Phi) is 6.12. The number of carbonyl (C=O) groups is 1. The molecule has 1 amide bonds. The fourth-order valence-corrected chi connectivity index (χ4v) is 1.78. The summed E-state index contributed by atoms with van der Waals surface area (Å²) in [5.41, 5.74) is 6.50. The molecule has 106 valence electrons. The highest BCUT2D eigenvalue weighted by atomic mass is 35.5. The summed E-state index contributed by atoms with van der Waals surface area (Å²) in [7, 11) is 0. The molecule has 0 radical (unpaired) electrons. The molecule has 5 heteroatoms. The molecule has 19 heavy (non-hydrogen) atoms. The monoisotopic (exact) mass is 284 g/mol. The van der Waals surface area contributed by atoms with Gasteiger partial charge in [-0.05, 0) is 32.3 Å². The first kappa shape index (κ1) is 15.8. The van der Waals surface area contributed by atoms with Crippen molar-refractivity contribution in [1.29, 1.82) is 0 Å². The fraction of sp³-hybridized carbons (Fsp3) is 0.500. The second-order valence-electron chi connectivity index (χ2n) is 4.78. The number of halogens is 1. The Labute approximate surface area is 120 Å². The van der Waals surface area contributed by atoms with Gasteiger partial charge in [0.2, 0.25) is 5.91 Å². The van der Waals surface area contributed by atoms with Crippen LogP contribution in [0.15, 0.2) is 24.3 Å². The van der Waals surface area contributed by atoms with E-state index in [4.69, 9.17) is 10.5 Å². The highest BCUT2D eigenvalue weighted by Crippen LogP contribution is 2.27. The number of hydrogen-bond donors (Lipinski definition) is 2. The molecule has 1 aliphatic carbocycles. The van der Waals surface area contributed by atoms with E-state index in [0.717, 1.165) is 24.2 Å². The van der Waals surface area contributed by atoms with Crippen LogP contribution in [0.2, 0.25) is 0 Å². The first-order chi connectivity index (χ1) is 8.66. The van der Waals surface area contributed by atoms with Crippen molar-refractivity contribution in [2.75, 3.05) is 0 Å². The van der Waals surface area contributed by atoms with Crippen LogP contribution in [0.5, 0.6) is 5.75 Å². The van der Waals surface area contributed by atoms with Crippen molar-refractivity contribution in [3.05, 3.63) is 29.8 Å². The second kappa shape index (κ2) is 7.36. The predicted molar refractivity (Wildman–Crippen MR) is 77.5 cm³/mol. The van der Waals surface area contributed by atoms with E-state index in [1.165, 1.54) is 6.42 Å². The summed E-state index contributed by atoms with van der Waals surface area (Å²) in [6.45, 7) is 2.13. The Bertz CT molecular complexity index is 420. The topological polar surface area (TPSA) is 64.4 Å². The van der Waals surface area contributed by atoms with Crippen LogP contribution in [-0.2, 0) is 11.3 Å². The lowest BCUT2D eigenvalue weighted by atomic mass is 9.96. The number of nitrogens with two attached hydrogens (primary N) is 1. The smallest absolute Gasteiger partial charge is 0.236 e. The van der Waals surface area contributed by atoms with Gasteiger partial charge in [0.1, 0.15) is 5.75 Å². The van der Waals surface area contributed by atoms with Gasteiger partial charge in [0.25, 0.3) is 0 Å². The van der Waals surface area contributed by atoms with Crippen LogP contribution in [0.1, 0.15) is 31.7 Å². The Morgan fingerprint density at radius 3 is 2.74 bits per heavy atom. The zero-order chi connectivity index (χ0) is 13.0. The minimum absolute atomic E-state index is 0. The average Bonchev–Trinajstić information content (AvgIpc) is 2.31. The van der Waals surface area contributed by atoms with Crippen LogP contribution >= 0.6 is 12.4 Å². The van der Waals surface area contributed by atoms with Gasteiger partial charge in [0, 0.05) is 12.1 Å². The lowest BCUT2D eigenvalue weighted by Crippen LogP contribution is -2.38. The van der Waals surface area contributed by atoms with E-state index in [1.54, 1.807) is 6.92 Å². The number of ether oxygens (including phenoxy) is 1. The average molecular weight is 285 g/mol. The third kappa shape index (κ3) is 4.40. The van der Waals surface area contributed by atoms with E-state index in [0.29, 0.717) is 12.6 Å². The maximum Gasteiger partial charge on any atom is 0.236 e. The Morgan fingerprint density at radius 2 is 2.16 bits per heavy atom. The van der Waals surface area contributed by atoms with Gasteiger partial charge >= 0.3 is 0 Å². The first-order valence-corrected chi connectivity index (χ1v) is 6.44. The minimum atomic E-state index is -0.482. The second-order valence-corrected chi connectivity index (χ2v) is 4.78. The van der Waals surface area contributed by atoms with E-state index >= 15 is 0 Å². The Morgan fingerprint density at radius 1 is 1.47 bits per heavy atom. The molecule has 1 fully saturated rings. The van der Waals surface area contributed by atoms with Crippen molar-refractivity contribution in [2.24, 2.45) is 5.73 Å². The quantitative estimate of drug-likeness (QED) is 0.869. The standard InChI is InChI=1S/C14H20N2O2.ClH/c1-10(15)14(17)16-9-11-5-2-3-8-13(11)18-12-6-4-7-12;/h2-3,5,8,10,12H,4,6-7,9,15H2,1H3,(H,16,17);1H/t10-;/m0./s1. The van der Waals surface area contributed by atoms with Crippen LogP contribution in [0.4, 0.5) is 0 Å². The highest BCUT2D eigenvalue weighted by Gasteiger charge is 2.20. The molecule has 0 saturated heterocycles. The number of para-hydroxylation sites is 1. The summed E-state index contributed by atoms with van der Waals surface area (Å²) < 4.78 is 5.89. The van der Waals surface area contributed by atoms with E-state index in [2.05, 4.69) is 5.32 Å². The Hall–Kier alpha value is -1.26. The molecule has 1 aliphatic rings. The summed E-state index contributed by atoms with van der Waals surface area (Å²) in [5, 5.41) is 2.80. The summed E-state index contributed by atoms with van der Waals surface area (Å²) in [6, 6.07) is 7.33. The van der Waals surface area contributed by atoms with Crippen LogP contribution in [0.3, 0.4) is 0 Å². The van der Waals surface area contributed by atoms with E-state index in [1.807, 2.05) is 24.3 Å². The molecule has 1 aromatic carbocycles. The van der Waals surface area contributed by atoms with Gasteiger partial charge in [0.15, 0.2) is 0 Å². The summed E-state index contributed by atoms with van der Waals surface area (Å²) in [6.07, 6.45) is 3.84. The number of rotatable bonds is 5. The third-order valence-corrected chi connectivity index (χ3v) is 3.19. The normalized spacial score (nSPS) is 15.9. The van der Waals surface area contributed by atoms with Crippen molar-refractivity contribution < 1.29 is 9.53 Å². The zero-order valence-electron chi connectivity index (χ0n) is 11.1. The van der Waals surface area contributed by atoms with Crippen LogP contribution in [0, 0.1) is 0 Å². The zero-order valence-corrected chi connectivity index (χ0v) is 11.9. The molecule has 0 unspecified atom stereocenters. The first-order valence-electron chi connectivity index (χ1n) is 6.44. The molecule has 0 bridgehead atoms. The van der Waals surface area contributed by atoms with Gasteiger partial charge < -0.3 is 15.8 Å². The van der Waals surface area contributed by atoms with Gasteiger partial charge in [-0.3, -0.25) is 4.79 Å². The predicted octanol–water partition coefficient (Wildman–Crippen LogP) is 2.00. The largest absolute Gasteiger partial charge is 0.490 e. The Balaban J connectivity index is 0.00000180. The molecule has 0 aromatic heterocycles. The molecule has 1 saturated carbocycles. The number of carbonyl (C=O) groups excluding carboxylic acids is 1. The number of nitrogens with one attached hydrogen (secondary N) is 1. The lowest BCUT2D eigenvalue weighted by molar-refractivity contribution is -0.122. The molecule has 4 nitrogen and oxygen atoms in total. The molecule has 0 heterocycles. The van der Waals surface area contributed by atoms with Crippen molar-refractivity contribution in [1.82, 2.24) is 5.32 Å².